The monoisotopic (exact) mass is 226 g/mol. The fourth-order valence-electron chi connectivity index (χ4n) is 1.83. The van der Waals surface area contributed by atoms with Gasteiger partial charge >= 0.3 is 0 Å². The van der Waals surface area contributed by atoms with Gasteiger partial charge in [0, 0.05) is 17.3 Å². The Morgan fingerprint density at radius 1 is 1.00 bits per heavy atom. The van der Waals surface area contributed by atoms with Crippen LogP contribution in [0.5, 0.6) is 0 Å². The third kappa shape index (κ3) is 2.52. The minimum absolute atomic E-state index is 0.0544. The molecule has 0 N–H and O–H groups in total. The number of hydrogen-bond donors (Lipinski definition) is 0. The van der Waals surface area contributed by atoms with Gasteiger partial charge in [-0.1, -0.05) is 51.1 Å². The van der Waals surface area contributed by atoms with Crippen LogP contribution in [0, 0.1) is 6.92 Å². The van der Waals surface area contributed by atoms with E-state index in [1.807, 2.05) is 31.3 Å². The van der Waals surface area contributed by atoms with E-state index < -0.39 is 0 Å². The van der Waals surface area contributed by atoms with Crippen molar-refractivity contribution in [2.45, 2.75) is 33.1 Å². The van der Waals surface area contributed by atoms with Crippen molar-refractivity contribution in [2.75, 3.05) is 0 Å². The molecule has 2 nitrogen and oxygen atoms in total. The highest BCUT2D eigenvalue weighted by molar-refractivity contribution is 5.63. The van der Waals surface area contributed by atoms with E-state index in [0.29, 0.717) is 0 Å². The molecule has 0 saturated carbocycles. The Morgan fingerprint density at radius 2 is 1.65 bits per heavy atom. The molecule has 2 rings (SSSR count). The average molecular weight is 226 g/mol. The van der Waals surface area contributed by atoms with Gasteiger partial charge in [-0.15, -0.1) is 0 Å². The largest absolute Gasteiger partial charge is 0.241 e. The van der Waals surface area contributed by atoms with Crippen LogP contribution in [0.2, 0.25) is 0 Å². The molecule has 1 heterocycles. The number of aromatic nitrogens is 2. The molecule has 0 unspecified atom stereocenters. The molecule has 0 aliphatic carbocycles. The van der Waals surface area contributed by atoms with Gasteiger partial charge in [0.05, 0.1) is 5.69 Å². The number of nitrogens with zero attached hydrogens (tertiary/aromatic N) is 2. The van der Waals surface area contributed by atoms with Gasteiger partial charge in [-0.3, -0.25) is 0 Å². The zero-order valence-corrected chi connectivity index (χ0v) is 10.9. The Kier molecular flexibility index (Phi) is 2.97. The van der Waals surface area contributed by atoms with E-state index in [9.17, 15) is 0 Å². The molecule has 1 aromatic heterocycles. The fraction of sp³-hybridized carbons (Fsp3) is 0.333. The van der Waals surface area contributed by atoms with Crippen molar-refractivity contribution in [3.63, 3.8) is 0 Å². The van der Waals surface area contributed by atoms with Gasteiger partial charge < -0.3 is 0 Å². The molecule has 2 aromatic rings. The molecular weight excluding hydrogens is 208 g/mol. The summed E-state index contributed by atoms with van der Waals surface area (Å²) >= 11 is 0. The van der Waals surface area contributed by atoms with Crippen LogP contribution in [-0.4, -0.2) is 9.97 Å². The summed E-state index contributed by atoms with van der Waals surface area (Å²) in [6.45, 7) is 8.49. The summed E-state index contributed by atoms with van der Waals surface area (Å²) < 4.78 is 0. The smallest absolute Gasteiger partial charge is 0.125 e. The van der Waals surface area contributed by atoms with Crippen LogP contribution in [0.1, 0.15) is 32.2 Å². The third-order valence-corrected chi connectivity index (χ3v) is 2.76. The normalized spacial score (nSPS) is 11.5. The van der Waals surface area contributed by atoms with Gasteiger partial charge in [0.2, 0.25) is 0 Å². The van der Waals surface area contributed by atoms with Crippen molar-refractivity contribution in [1.82, 2.24) is 9.97 Å². The lowest BCUT2D eigenvalue weighted by Gasteiger charge is -2.21. The van der Waals surface area contributed by atoms with Gasteiger partial charge in [0.25, 0.3) is 0 Å². The van der Waals surface area contributed by atoms with E-state index in [1.165, 1.54) is 5.56 Å². The van der Waals surface area contributed by atoms with Crippen molar-refractivity contribution in [2.24, 2.45) is 0 Å². The quantitative estimate of drug-likeness (QED) is 0.740. The Hall–Kier alpha value is -1.70. The Bertz CT molecular complexity index is 510. The average Bonchev–Trinajstić information content (AvgIpc) is 2.28. The Morgan fingerprint density at radius 3 is 2.24 bits per heavy atom. The van der Waals surface area contributed by atoms with E-state index in [4.69, 9.17) is 0 Å². The van der Waals surface area contributed by atoms with Crippen molar-refractivity contribution in [3.05, 3.63) is 47.9 Å². The molecule has 0 amide bonds. The maximum atomic E-state index is 4.60. The molecule has 1 aromatic carbocycles. The van der Waals surface area contributed by atoms with E-state index in [0.717, 1.165) is 17.1 Å². The van der Waals surface area contributed by atoms with Gasteiger partial charge in [-0.05, 0) is 12.3 Å². The number of aryl methyl sites for hydroxylation is 1. The lowest BCUT2D eigenvalue weighted by molar-refractivity contribution is 0.585. The van der Waals surface area contributed by atoms with Crippen LogP contribution >= 0.6 is 0 Å². The second-order valence-electron chi connectivity index (χ2n) is 5.30. The Balaban J connectivity index is 2.64. The van der Waals surface area contributed by atoms with Crippen LogP contribution in [0.25, 0.3) is 11.3 Å². The summed E-state index contributed by atoms with van der Waals surface area (Å²) in [6, 6.07) is 10.3. The molecule has 0 saturated heterocycles. The summed E-state index contributed by atoms with van der Waals surface area (Å²) in [6.07, 6.45) is 1.95. The second kappa shape index (κ2) is 4.28. The highest BCUT2D eigenvalue weighted by atomic mass is 14.9. The summed E-state index contributed by atoms with van der Waals surface area (Å²) in [4.78, 5) is 8.92. The highest BCUT2D eigenvalue weighted by Gasteiger charge is 2.20. The van der Waals surface area contributed by atoms with Crippen molar-refractivity contribution < 1.29 is 0 Å². The molecule has 88 valence electrons. The standard InChI is InChI=1S/C15H18N2/c1-11-16-10-13(15(2,3)4)14(17-11)12-8-6-5-7-9-12/h5-10H,1-4H3. The van der Waals surface area contributed by atoms with Gasteiger partial charge in [0.15, 0.2) is 0 Å². The van der Waals surface area contributed by atoms with E-state index in [2.05, 4.69) is 42.9 Å². The molecule has 0 fully saturated rings. The van der Waals surface area contributed by atoms with Crippen molar-refractivity contribution >= 4 is 0 Å². The third-order valence-electron chi connectivity index (χ3n) is 2.76. The van der Waals surface area contributed by atoms with E-state index >= 15 is 0 Å². The summed E-state index contributed by atoms with van der Waals surface area (Å²) in [5.74, 6) is 0.817. The predicted octanol–water partition coefficient (Wildman–Crippen LogP) is 3.75. The van der Waals surface area contributed by atoms with Gasteiger partial charge in [-0.2, -0.15) is 0 Å². The minimum atomic E-state index is 0.0544. The summed E-state index contributed by atoms with van der Waals surface area (Å²) in [5.41, 5.74) is 3.45. The summed E-state index contributed by atoms with van der Waals surface area (Å²) in [5, 5.41) is 0. The lowest BCUT2D eigenvalue weighted by Crippen LogP contribution is -2.15. The first-order chi connectivity index (χ1) is 7.98. The minimum Gasteiger partial charge on any atom is -0.241 e. The van der Waals surface area contributed by atoms with Crippen LogP contribution < -0.4 is 0 Å². The van der Waals surface area contributed by atoms with Gasteiger partial charge in [0.1, 0.15) is 5.82 Å². The molecule has 0 atom stereocenters. The first-order valence-electron chi connectivity index (χ1n) is 5.88. The number of hydrogen-bond acceptors (Lipinski definition) is 2. The topological polar surface area (TPSA) is 25.8 Å². The van der Waals surface area contributed by atoms with E-state index in [-0.39, 0.29) is 5.41 Å². The fourth-order valence-corrected chi connectivity index (χ4v) is 1.83. The molecule has 0 radical (unpaired) electrons. The molecule has 0 bridgehead atoms. The zero-order chi connectivity index (χ0) is 12.5. The maximum absolute atomic E-state index is 4.60. The Labute approximate surface area is 103 Å². The number of benzene rings is 1. The van der Waals surface area contributed by atoms with Crippen LogP contribution in [0.15, 0.2) is 36.5 Å². The van der Waals surface area contributed by atoms with Crippen LogP contribution in [-0.2, 0) is 5.41 Å². The van der Waals surface area contributed by atoms with Crippen LogP contribution in [0.3, 0.4) is 0 Å². The van der Waals surface area contributed by atoms with Crippen molar-refractivity contribution in [1.29, 1.82) is 0 Å². The number of rotatable bonds is 1. The molecule has 0 aliphatic heterocycles. The van der Waals surface area contributed by atoms with Crippen LogP contribution in [0.4, 0.5) is 0 Å². The molecular formula is C15H18N2. The molecule has 2 heteroatoms. The highest BCUT2D eigenvalue weighted by Crippen LogP contribution is 2.30. The van der Waals surface area contributed by atoms with Gasteiger partial charge in [-0.25, -0.2) is 9.97 Å². The summed E-state index contributed by atoms with van der Waals surface area (Å²) in [7, 11) is 0. The van der Waals surface area contributed by atoms with Crippen molar-refractivity contribution in [3.8, 4) is 11.3 Å². The zero-order valence-electron chi connectivity index (χ0n) is 10.9. The maximum Gasteiger partial charge on any atom is 0.125 e. The SMILES string of the molecule is Cc1ncc(C(C)(C)C)c(-c2ccccc2)n1. The molecule has 17 heavy (non-hydrogen) atoms. The molecule has 0 spiro atoms. The first-order valence-corrected chi connectivity index (χ1v) is 5.88. The van der Waals surface area contributed by atoms with E-state index in [1.54, 1.807) is 0 Å². The second-order valence-corrected chi connectivity index (χ2v) is 5.30. The lowest BCUT2D eigenvalue weighted by atomic mass is 9.85. The molecule has 0 aliphatic rings. The first kappa shape index (κ1) is 11.8. The predicted molar refractivity (Wildman–Crippen MR) is 70.9 cm³/mol.